The van der Waals surface area contributed by atoms with Crippen molar-refractivity contribution in [2.45, 2.75) is 25.0 Å². The smallest absolute Gasteiger partial charge is 0.241 e. The van der Waals surface area contributed by atoms with Gasteiger partial charge in [-0.3, -0.25) is 10.1 Å². The topological polar surface area (TPSA) is 44.4 Å². The first-order valence-corrected chi connectivity index (χ1v) is 6.66. The van der Waals surface area contributed by atoms with Crippen LogP contribution in [0.1, 0.15) is 12.0 Å². The Labute approximate surface area is 107 Å². The van der Waals surface area contributed by atoms with Crippen molar-refractivity contribution >= 4 is 5.91 Å². The van der Waals surface area contributed by atoms with Crippen molar-refractivity contribution < 1.29 is 4.79 Å². The Kier molecular flexibility index (Phi) is 3.30. The van der Waals surface area contributed by atoms with Crippen molar-refractivity contribution in [2.24, 2.45) is 0 Å². The third-order valence-electron chi connectivity index (χ3n) is 3.75. The predicted octanol–water partition coefficient (Wildman–Crippen LogP) is 0.349. The maximum atomic E-state index is 12.4. The van der Waals surface area contributed by atoms with Crippen LogP contribution >= 0.6 is 0 Å². The lowest BCUT2D eigenvalue weighted by atomic mass is 10.0. The van der Waals surface area contributed by atoms with Gasteiger partial charge in [-0.25, -0.2) is 0 Å². The second-order valence-electron chi connectivity index (χ2n) is 5.01. The summed E-state index contributed by atoms with van der Waals surface area (Å²) in [4.78, 5) is 14.4. The zero-order valence-electron chi connectivity index (χ0n) is 10.4. The standard InChI is InChI=1S/C14H19N3O/c18-14-12(9-11-5-2-1-3-6-11)16-10-13-15-7-4-8-17(13)14/h1-3,5-6,12-13,15-16H,4,7-10H2/t12-,13-/m0/s1. The number of amides is 1. The van der Waals surface area contributed by atoms with Gasteiger partial charge in [0.1, 0.15) is 0 Å². The first-order valence-electron chi connectivity index (χ1n) is 6.66. The number of nitrogens with one attached hydrogen (secondary N) is 2. The molecule has 0 spiro atoms. The fraction of sp³-hybridized carbons (Fsp3) is 0.500. The largest absolute Gasteiger partial charge is 0.324 e. The molecule has 96 valence electrons. The molecule has 0 bridgehead atoms. The molecule has 0 aliphatic carbocycles. The van der Waals surface area contributed by atoms with Gasteiger partial charge >= 0.3 is 0 Å². The molecule has 0 unspecified atom stereocenters. The molecular weight excluding hydrogens is 226 g/mol. The van der Waals surface area contributed by atoms with Gasteiger partial charge in [-0.2, -0.15) is 0 Å². The lowest BCUT2D eigenvalue weighted by molar-refractivity contribution is -0.141. The van der Waals surface area contributed by atoms with Gasteiger partial charge in [0.25, 0.3) is 0 Å². The molecule has 3 rings (SSSR count). The number of piperazine rings is 1. The molecule has 2 N–H and O–H groups in total. The van der Waals surface area contributed by atoms with Gasteiger partial charge in [0.05, 0.1) is 12.2 Å². The molecule has 1 amide bonds. The monoisotopic (exact) mass is 245 g/mol. The van der Waals surface area contributed by atoms with E-state index in [1.165, 1.54) is 5.56 Å². The highest BCUT2D eigenvalue weighted by molar-refractivity contribution is 5.83. The summed E-state index contributed by atoms with van der Waals surface area (Å²) in [6.45, 7) is 2.76. The van der Waals surface area contributed by atoms with Crippen LogP contribution in [0.15, 0.2) is 30.3 Å². The molecular formula is C14H19N3O. The van der Waals surface area contributed by atoms with Crippen molar-refractivity contribution in [1.82, 2.24) is 15.5 Å². The molecule has 2 saturated heterocycles. The average molecular weight is 245 g/mol. The van der Waals surface area contributed by atoms with Gasteiger partial charge in [-0.1, -0.05) is 30.3 Å². The number of nitrogens with zero attached hydrogens (tertiary/aromatic N) is 1. The molecule has 0 saturated carbocycles. The maximum absolute atomic E-state index is 12.4. The highest BCUT2D eigenvalue weighted by Crippen LogP contribution is 2.14. The van der Waals surface area contributed by atoms with E-state index in [1.807, 2.05) is 23.1 Å². The van der Waals surface area contributed by atoms with E-state index in [9.17, 15) is 4.79 Å². The lowest BCUT2D eigenvalue weighted by Crippen LogP contribution is -2.67. The number of rotatable bonds is 2. The Balaban J connectivity index is 1.69. The first-order chi connectivity index (χ1) is 8.84. The SMILES string of the molecule is O=C1[C@H](Cc2ccccc2)NC[C@H]2NCCCN12. The minimum absolute atomic E-state index is 0.0662. The number of hydrogen-bond acceptors (Lipinski definition) is 3. The Hall–Kier alpha value is -1.39. The van der Waals surface area contributed by atoms with Gasteiger partial charge in [-0.15, -0.1) is 0 Å². The van der Waals surface area contributed by atoms with E-state index < -0.39 is 0 Å². The van der Waals surface area contributed by atoms with Crippen molar-refractivity contribution in [1.29, 1.82) is 0 Å². The lowest BCUT2D eigenvalue weighted by Gasteiger charge is -2.43. The Morgan fingerprint density at radius 3 is 2.89 bits per heavy atom. The molecule has 4 heteroatoms. The molecule has 2 heterocycles. The van der Waals surface area contributed by atoms with Crippen LogP contribution in [0.4, 0.5) is 0 Å². The first kappa shape index (κ1) is 11.7. The summed E-state index contributed by atoms with van der Waals surface area (Å²) >= 11 is 0. The zero-order chi connectivity index (χ0) is 12.4. The summed E-state index contributed by atoms with van der Waals surface area (Å²) < 4.78 is 0. The van der Waals surface area contributed by atoms with E-state index in [4.69, 9.17) is 0 Å². The quantitative estimate of drug-likeness (QED) is 0.790. The summed E-state index contributed by atoms with van der Waals surface area (Å²) in [7, 11) is 0. The highest BCUT2D eigenvalue weighted by Gasteiger charge is 2.35. The number of carbonyl (C=O) groups is 1. The Bertz CT molecular complexity index is 420. The van der Waals surface area contributed by atoms with Crippen LogP contribution in [0.5, 0.6) is 0 Å². The van der Waals surface area contributed by atoms with Crippen molar-refractivity contribution in [3.8, 4) is 0 Å². The van der Waals surface area contributed by atoms with Crippen LogP contribution in [0, 0.1) is 0 Å². The van der Waals surface area contributed by atoms with Crippen LogP contribution < -0.4 is 10.6 Å². The third kappa shape index (κ3) is 2.26. The van der Waals surface area contributed by atoms with Crippen molar-refractivity contribution in [3.05, 3.63) is 35.9 Å². The molecule has 0 radical (unpaired) electrons. The van der Waals surface area contributed by atoms with Crippen molar-refractivity contribution in [2.75, 3.05) is 19.6 Å². The second kappa shape index (κ2) is 5.08. The number of carbonyl (C=O) groups excluding carboxylic acids is 1. The van der Waals surface area contributed by atoms with E-state index in [-0.39, 0.29) is 18.1 Å². The number of hydrogen-bond donors (Lipinski definition) is 2. The maximum Gasteiger partial charge on any atom is 0.241 e. The van der Waals surface area contributed by atoms with Crippen LogP contribution in [0.3, 0.4) is 0 Å². The molecule has 2 fully saturated rings. The number of fused-ring (bicyclic) bond motifs is 1. The number of benzene rings is 1. The molecule has 2 aliphatic heterocycles. The Morgan fingerprint density at radius 1 is 1.22 bits per heavy atom. The van der Waals surface area contributed by atoms with Crippen LogP contribution in [0.25, 0.3) is 0 Å². The van der Waals surface area contributed by atoms with E-state index in [2.05, 4.69) is 22.8 Å². The molecule has 2 atom stereocenters. The summed E-state index contributed by atoms with van der Waals surface area (Å²) in [6.07, 6.45) is 2.03. The molecule has 4 nitrogen and oxygen atoms in total. The molecule has 2 aliphatic rings. The van der Waals surface area contributed by atoms with E-state index in [1.54, 1.807) is 0 Å². The predicted molar refractivity (Wildman–Crippen MR) is 70.1 cm³/mol. The average Bonchev–Trinajstić information content (AvgIpc) is 2.43. The van der Waals surface area contributed by atoms with E-state index in [0.29, 0.717) is 0 Å². The van der Waals surface area contributed by atoms with Crippen LogP contribution in [-0.2, 0) is 11.2 Å². The molecule has 1 aromatic carbocycles. The second-order valence-corrected chi connectivity index (χ2v) is 5.01. The molecule has 1 aromatic rings. The molecule has 0 aromatic heterocycles. The highest BCUT2D eigenvalue weighted by atomic mass is 16.2. The van der Waals surface area contributed by atoms with Crippen LogP contribution in [0.2, 0.25) is 0 Å². The minimum Gasteiger partial charge on any atom is -0.324 e. The normalized spacial score (nSPS) is 28.0. The van der Waals surface area contributed by atoms with Gasteiger partial charge in [0.2, 0.25) is 5.91 Å². The van der Waals surface area contributed by atoms with Gasteiger partial charge in [0.15, 0.2) is 0 Å². The molecule has 18 heavy (non-hydrogen) atoms. The fourth-order valence-electron chi connectivity index (χ4n) is 2.78. The summed E-state index contributed by atoms with van der Waals surface area (Å²) in [5.41, 5.74) is 1.21. The van der Waals surface area contributed by atoms with Gasteiger partial charge in [0, 0.05) is 13.1 Å². The fourth-order valence-corrected chi connectivity index (χ4v) is 2.78. The summed E-state index contributed by atoms with van der Waals surface area (Å²) in [5.74, 6) is 0.238. The van der Waals surface area contributed by atoms with Gasteiger partial charge < -0.3 is 10.2 Å². The Morgan fingerprint density at radius 2 is 2.06 bits per heavy atom. The van der Waals surface area contributed by atoms with E-state index in [0.717, 1.165) is 32.5 Å². The van der Waals surface area contributed by atoms with Gasteiger partial charge in [-0.05, 0) is 24.9 Å². The summed E-state index contributed by atoms with van der Waals surface area (Å²) in [6, 6.07) is 10.1. The van der Waals surface area contributed by atoms with Crippen LogP contribution in [-0.4, -0.2) is 42.6 Å². The third-order valence-corrected chi connectivity index (χ3v) is 3.75. The zero-order valence-corrected chi connectivity index (χ0v) is 10.4. The minimum atomic E-state index is -0.0662. The van der Waals surface area contributed by atoms with E-state index >= 15 is 0 Å². The van der Waals surface area contributed by atoms with Crippen molar-refractivity contribution in [3.63, 3.8) is 0 Å². The summed E-state index contributed by atoms with van der Waals surface area (Å²) in [5, 5.41) is 6.74.